The number of aromatic amines is 1. The van der Waals surface area contributed by atoms with E-state index in [1.807, 2.05) is 35.8 Å². The van der Waals surface area contributed by atoms with Crippen molar-refractivity contribution in [1.29, 1.82) is 0 Å². The van der Waals surface area contributed by atoms with Crippen LogP contribution in [-0.2, 0) is 6.54 Å². The van der Waals surface area contributed by atoms with E-state index in [2.05, 4.69) is 4.98 Å². The zero-order chi connectivity index (χ0) is 15.7. The summed E-state index contributed by atoms with van der Waals surface area (Å²) in [7, 11) is 3.89. The van der Waals surface area contributed by atoms with Crippen molar-refractivity contribution in [3.8, 4) is 0 Å². The van der Waals surface area contributed by atoms with Crippen molar-refractivity contribution in [3.63, 3.8) is 0 Å². The van der Waals surface area contributed by atoms with Gasteiger partial charge in [0.15, 0.2) is 0 Å². The summed E-state index contributed by atoms with van der Waals surface area (Å²) in [5.41, 5.74) is 1.06. The summed E-state index contributed by atoms with van der Waals surface area (Å²) in [6.45, 7) is 0.322. The van der Waals surface area contributed by atoms with Crippen LogP contribution < -0.4 is 11.2 Å². The van der Waals surface area contributed by atoms with Gasteiger partial charge in [-0.25, -0.2) is 4.79 Å². The van der Waals surface area contributed by atoms with Crippen LogP contribution in [0.4, 0.5) is 0 Å². The summed E-state index contributed by atoms with van der Waals surface area (Å²) in [5, 5.41) is 4.58. The predicted molar refractivity (Wildman–Crippen MR) is 89.6 cm³/mol. The van der Waals surface area contributed by atoms with Crippen LogP contribution in [0.15, 0.2) is 50.7 Å². The van der Waals surface area contributed by atoms with Crippen LogP contribution in [0.5, 0.6) is 0 Å². The predicted octanol–water partition coefficient (Wildman–Crippen LogP) is 2.05. The molecule has 22 heavy (non-hydrogen) atoms. The highest BCUT2D eigenvalue weighted by Crippen LogP contribution is 2.21. The third-order valence-corrected chi connectivity index (χ3v) is 4.50. The molecule has 0 aliphatic rings. The van der Waals surface area contributed by atoms with Gasteiger partial charge in [0.05, 0.1) is 23.5 Å². The Morgan fingerprint density at radius 3 is 2.68 bits per heavy atom. The minimum Gasteiger partial charge on any atom is -0.307 e. The number of rotatable bonds is 4. The minimum atomic E-state index is -0.370. The second kappa shape index (κ2) is 5.90. The fraction of sp³-hybridized carbons (Fsp3) is 0.250. The van der Waals surface area contributed by atoms with Crippen molar-refractivity contribution in [3.05, 3.63) is 67.5 Å². The first-order valence-corrected chi connectivity index (χ1v) is 7.92. The molecule has 0 bridgehead atoms. The number of likely N-dealkylation sites (N-methyl/N-ethyl adjacent to an activating group) is 1. The van der Waals surface area contributed by atoms with Gasteiger partial charge in [0.1, 0.15) is 0 Å². The number of nitrogens with one attached hydrogen (secondary N) is 1. The second-order valence-electron chi connectivity index (χ2n) is 5.43. The van der Waals surface area contributed by atoms with Crippen molar-refractivity contribution in [2.24, 2.45) is 0 Å². The van der Waals surface area contributed by atoms with Crippen molar-refractivity contribution in [2.75, 3.05) is 14.1 Å². The fourth-order valence-corrected chi connectivity index (χ4v) is 3.28. The minimum absolute atomic E-state index is 0.0220. The molecule has 0 spiro atoms. The molecule has 1 atom stereocenters. The van der Waals surface area contributed by atoms with Gasteiger partial charge in [-0.05, 0) is 48.6 Å². The summed E-state index contributed by atoms with van der Waals surface area (Å²) in [5.74, 6) is 0. The number of benzene rings is 1. The molecule has 3 rings (SSSR count). The van der Waals surface area contributed by atoms with E-state index in [-0.39, 0.29) is 17.3 Å². The van der Waals surface area contributed by atoms with Gasteiger partial charge in [-0.3, -0.25) is 9.36 Å². The second-order valence-corrected chi connectivity index (χ2v) is 6.21. The average molecular weight is 315 g/mol. The largest absolute Gasteiger partial charge is 0.328 e. The molecule has 6 heteroatoms. The van der Waals surface area contributed by atoms with Gasteiger partial charge in [-0.2, -0.15) is 11.3 Å². The molecule has 2 heterocycles. The lowest BCUT2D eigenvalue weighted by atomic mass is 10.1. The van der Waals surface area contributed by atoms with Crippen LogP contribution in [-0.4, -0.2) is 28.5 Å². The monoisotopic (exact) mass is 315 g/mol. The smallest absolute Gasteiger partial charge is 0.307 e. The summed E-state index contributed by atoms with van der Waals surface area (Å²) < 4.78 is 1.28. The molecule has 5 nitrogen and oxygen atoms in total. The number of thiophene rings is 1. The number of nitrogens with zero attached hydrogens (tertiary/aromatic N) is 2. The van der Waals surface area contributed by atoms with E-state index >= 15 is 0 Å². The van der Waals surface area contributed by atoms with Crippen LogP contribution in [0, 0.1) is 0 Å². The van der Waals surface area contributed by atoms with Crippen LogP contribution >= 0.6 is 11.3 Å². The standard InChI is InChI=1S/C16H17N3O2S/c1-18(2)14(11-7-8-22-10-11)9-19-15(20)12-5-3-4-6-13(12)17-16(19)21/h3-8,10,14H,9H2,1-2H3,(H,17,21)/t14-/m1/s1. The molecule has 0 aliphatic carbocycles. The first-order valence-electron chi connectivity index (χ1n) is 6.98. The zero-order valence-corrected chi connectivity index (χ0v) is 13.3. The van der Waals surface area contributed by atoms with E-state index in [0.29, 0.717) is 17.4 Å². The molecular weight excluding hydrogens is 298 g/mol. The Bertz CT molecular complexity index is 894. The summed E-state index contributed by atoms with van der Waals surface area (Å²) >= 11 is 1.61. The summed E-state index contributed by atoms with van der Waals surface area (Å²) in [6.07, 6.45) is 0. The average Bonchev–Trinajstić information content (AvgIpc) is 3.00. The number of hydrogen-bond acceptors (Lipinski definition) is 4. The van der Waals surface area contributed by atoms with E-state index in [9.17, 15) is 9.59 Å². The molecule has 0 amide bonds. The lowest BCUT2D eigenvalue weighted by Gasteiger charge is -2.24. The van der Waals surface area contributed by atoms with Crippen LogP contribution in [0.1, 0.15) is 11.6 Å². The highest BCUT2D eigenvalue weighted by molar-refractivity contribution is 7.07. The van der Waals surface area contributed by atoms with Crippen molar-refractivity contribution in [1.82, 2.24) is 14.5 Å². The number of H-pyrrole nitrogens is 1. The van der Waals surface area contributed by atoms with Gasteiger partial charge >= 0.3 is 5.69 Å². The van der Waals surface area contributed by atoms with E-state index < -0.39 is 0 Å². The Morgan fingerprint density at radius 2 is 2.00 bits per heavy atom. The number of para-hydroxylation sites is 1. The van der Waals surface area contributed by atoms with Crippen LogP contribution in [0.25, 0.3) is 10.9 Å². The van der Waals surface area contributed by atoms with E-state index in [4.69, 9.17) is 0 Å². The van der Waals surface area contributed by atoms with Crippen molar-refractivity contribution < 1.29 is 0 Å². The maximum absolute atomic E-state index is 12.6. The summed E-state index contributed by atoms with van der Waals surface area (Å²) in [4.78, 5) is 29.7. The summed E-state index contributed by atoms with van der Waals surface area (Å²) in [6, 6.07) is 9.08. The van der Waals surface area contributed by atoms with Gasteiger partial charge in [0.25, 0.3) is 5.56 Å². The Labute approximate surface area is 131 Å². The van der Waals surface area contributed by atoms with Gasteiger partial charge in [0.2, 0.25) is 0 Å². The van der Waals surface area contributed by atoms with Gasteiger partial charge in [-0.1, -0.05) is 12.1 Å². The maximum Gasteiger partial charge on any atom is 0.328 e. The van der Waals surface area contributed by atoms with E-state index in [0.717, 1.165) is 5.56 Å². The molecule has 0 aliphatic heterocycles. The first kappa shape index (κ1) is 14.7. The third-order valence-electron chi connectivity index (χ3n) is 3.80. The topological polar surface area (TPSA) is 58.1 Å². The molecule has 2 aromatic heterocycles. The lowest BCUT2D eigenvalue weighted by molar-refractivity contribution is 0.264. The van der Waals surface area contributed by atoms with Gasteiger partial charge < -0.3 is 9.88 Å². The molecular formula is C16H17N3O2S. The molecule has 0 unspecified atom stereocenters. The number of fused-ring (bicyclic) bond motifs is 1. The normalized spacial score (nSPS) is 12.9. The molecule has 0 saturated carbocycles. The van der Waals surface area contributed by atoms with Crippen molar-refractivity contribution in [2.45, 2.75) is 12.6 Å². The Hall–Kier alpha value is -2.18. The van der Waals surface area contributed by atoms with Crippen LogP contribution in [0.3, 0.4) is 0 Å². The SMILES string of the molecule is CN(C)[C@H](Cn1c(=O)[nH]c2ccccc2c1=O)c1ccsc1. The van der Waals surface area contributed by atoms with Gasteiger partial charge in [-0.15, -0.1) is 0 Å². The highest BCUT2D eigenvalue weighted by atomic mass is 32.1. The molecule has 114 valence electrons. The third kappa shape index (κ3) is 2.63. The fourth-order valence-electron chi connectivity index (χ4n) is 2.57. The quantitative estimate of drug-likeness (QED) is 0.802. The molecule has 3 aromatic rings. The molecule has 0 radical (unpaired) electrons. The maximum atomic E-state index is 12.6. The van der Waals surface area contributed by atoms with Gasteiger partial charge in [0, 0.05) is 0 Å². The molecule has 1 N–H and O–H groups in total. The lowest BCUT2D eigenvalue weighted by Crippen LogP contribution is -2.39. The van der Waals surface area contributed by atoms with E-state index in [1.165, 1.54) is 4.57 Å². The highest BCUT2D eigenvalue weighted by Gasteiger charge is 2.18. The molecule has 0 fully saturated rings. The zero-order valence-electron chi connectivity index (χ0n) is 12.4. The first-order chi connectivity index (χ1) is 10.6. The van der Waals surface area contributed by atoms with Crippen LogP contribution in [0.2, 0.25) is 0 Å². The molecule has 1 aromatic carbocycles. The molecule has 0 saturated heterocycles. The Balaban J connectivity index is 2.10. The Kier molecular flexibility index (Phi) is 3.96. The van der Waals surface area contributed by atoms with E-state index in [1.54, 1.807) is 35.6 Å². The number of hydrogen-bond donors (Lipinski definition) is 1. The Morgan fingerprint density at radius 1 is 1.23 bits per heavy atom. The van der Waals surface area contributed by atoms with Crippen molar-refractivity contribution >= 4 is 22.2 Å². The number of aromatic nitrogens is 2.